The first-order valence-electron chi connectivity index (χ1n) is 7.80. The summed E-state index contributed by atoms with van der Waals surface area (Å²) >= 11 is 5.18. The first-order valence-corrected chi connectivity index (χ1v) is 9.41. The molecule has 1 amide bonds. The molecule has 24 heavy (non-hydrogen) atoms. The summed E-state index contributed by atoms with van der Waals surface area (Å²) in [5.74, 6) is 0.0816. The Morgan fingerprint density at radius 3 is 2.79 bits per heavy atom. The zero-order valence-electron chi connectivity index (χ0n) is 13.1. The quantitative estimate of drug-likeness (QED) is 0.637. The van der Waals surface area contributed by atoms with E-state index in [0.717, 1.165) is 27.9 Å². The van der Waals surface area contributed by atoms with Crippen LogP contribution >= 0.6 is 27.3 Å². The normalized spacial score (nSPS) is 10.7. The molecule has 1 aromatic carbocycles. The molecule has 2 aromatic heterocycles. The highest BCUT2D eigenvalue weighted by atomic mass is 79.9. The number of para-hydroxylation sites is 1. The Balaban J connectivity index is 1.42. The van der Waals surface area contributed by atoms with Crippen LogP contribution in [-0.2, 0) is 17.8 Å². The molecule has 2 heterocycles. The minimum Gasteiger partial charge on any atom is -0.352 e. The summed E-state index contributed by atoms with van der Waals surface area (Å²) in [6.45, 7) is 0.510. The van der Waals surface area contributed by atoms with Crippen LogP contribution in [0.3, 0.4) is 0 Å². The summed E-state index contributed by atoms with van der Waals surface area (Å²) in [6.07, 6.45) is 6.08. The second-order valence-corrected chi connectivity index (χ2v) is 8.01. The van der Waals surface area contributed by atoms with Gasteiger partial charge in [0.15, 0.2) is 0 Å². The van der Waals surface area contributed by atoms with Crippen molar-refractivity contribution in [1.82, 2.24) is 15.1 Å². The Bertz CT molecular complexity index is 797. The number of hydrogen-bond donors (Lipinski definition) is 1. The molecule has 0 aliphatic heterocycles. The molecule has 0 spiro atoms. The second kappa shape index (κ2) is 8.26. The van der Waals surface area contributed by atoms with Gasteiger partial charge in [0, 0.05) is 29.6 Å². The van der Waals surface area contributed by atoms with Crippen LogP contribution in [0.5, 0.6) is 0 Å². The Labute approximate surface area is 153 Å². The fraction of sp³-hybridized carbons (Fsp3) is 0.222. The largest absolute Gasteiger partial charge is 0.352 e. The van der Waals surface area contributed by atoms with Crippen LogP contribution < -0.4 is 5.32 Å². The summed E-state index contributed by atoms with van der Waals surface area (Å²) in [5.41, 5.74) is 2.01. The molecule has 3 rings (SSSR count). The minimum atomic E-state index is 0.0816. The molecule has 0 fully saturated rings. The maximum absolute atomic E-state index is 11.9. The number of halogens is 1. The third kappa shape index (κ3) is 4.79. The van der Waals surface area contributed by atoms with E-state index in [4.69, 9.17) is 0 Å². The molecule has 6 heteroatoms. The van der Waals surface area contributed by atoms with Crippen molar-refractivity contribution in [3.8, 4) is 5.69 Å². The maximum Gasteiger partial charge on any atom is 0.220 e. The van der Waals surface area contributed by atoms with Gasteiger partial charge >= 0.3 is 0 Å². The molecule has 0 saturated carbocycles. The van der Waals surface area contributed by atoms with Crippen molar-refractivity contribution < 1.29 is 4.79 Å². The van der Waals surface area contributed by atoms with Crippen molar-refractivity contribution >= 4 is 33.2 Å². The third-order valence-corrected chi connectivity index (χ3v) is 5.29. The average molecular weight is 404 g/mol. The third-order valence-electron chi connectivity index (χ3n) is 3.60. The van der Waals surface area contributed by atoms with Gasteiger partial charge in [0.25, 0.3) is 0 Å². The van der Waals surface area contributed by atoms with Crippen LogP contribution in [0.1, 0.15) is 23.3 Å². The van der Waals surface area contributed by atoms with Crippen LogP contribution in [-0.4, -0.2) is 15.7 Å². The number of nitrogens with zero attached hydrogens (tertiary/aromatic N) is 2. The first kappa shape index (κ1) is 16.9. The number of benzene rings is 1. The van der Waals surface area contributed by atoms with E-state index in [2.05, 4.69) is 32.4 Å². The monoisotopic (exact) mass is 403 g/mol. The molecule has 0 atom stereocenters. The average Bonchev–Trinajstić information content (AvgIpc) is 3.23. The molecule has 0 radical (unpaired) electrons. The molecule has 0 aliphatic rings. The molecule has 0 aliphatic carbocycles. The Kier molecular flexibility index (Phi) is 5.82. The Morgan fingerprint density at radius 1 is 1.21 bits per heavy atom. The number of thiophene rings is 1. The summed E-state index contributed by atoms with van der Waals surface area (Å²) < 4.78 is 2.95. The molecular formula is C18H18BrN3OS. The highest BCUT2D eigenvalue weighted by Gasteiger charge is 2.05. The van der Waals surface area contributed by atoms with Gasteiger partial charge in [-0.25, -0.2) is 4.68 Å². The smallest absolute Gasteiger partial charge is 0.220 e. The molecule has 0 unspecified atom stereocenters. The van der Waals surface area contributed by atoms with Gasteiger partial charge in [-0.15, -0.1) is 11.3 Å². The number of aromatic nitrogens is 2. The molecule has 1 N–H and O–H groups in total. The molecule has 0 bridgehead atoms. The lowest BCUT2D eigenvalue weighted by Crippen LogP contribution is -2.22. The number of carbonyl (C=O) groups is 1. The van der Waals surface area contributed by atoms with Crippen LogP contribution in [0, 0.1) is 0 Å². The van der Waals surface area contributed by atoms with E-state index >= 15 is 0 Å². The summed E-state index contributed by atoms with van der Waals surface area (Å²) in [7, 11) is 0. The lowest BCUT2D eigenvalue weighted by molar-refractivity contribution is -0.121. The van der Waals surface area contributed by atoms with E-state index in [-0.39, 0.29) is 5.91 Å². The highest BCUT2D eigenvalue weighted by molar-refractivity contribution is 9.11. The van der Waals surface area contributed by atoms with E-state index in [1.54, 1.807) is 17.5 Å². The SMILES string of the molecule is O=C(CCCc1ccc(Br)s1)NCc1cnn(-c2ccccc2)c1. The minimum absolute atomic E-state index is 0.0816. The van der Waals surface area contributed by atoms with Crippen molar-refractivity contribution in [3.05, 3.63) is 69.1 Å². The zero-order chi connectivity index (χ0) is 16.8. The van der Waals surface area contributed by atoms with E-state index in [0.29, 0.717) is 13.0 Å². The number of carbonyl (C=O) groups excluding carboxylic acids is 1. The predicted molar refractivity (Wildman–Crippen MR) is 100 cm³/mol. The number of rotatable bonds is 7. The summed E-state index contributed by atoms with van der Waals surface area (Å²) in [5, 5.41) is 7.29. The number of amides is 1. The number of hydrogen-bond acceptors (Lipinski definition) is 3. The van der Waals surface area contributed by atoms with Crippen molar-refractivity contribution in [2.24, 2.45) is 0 Å². The van der Waals surface area contributed by atoms with Crippen LogP contribution in [0.15, 0.2) is 58.6 Å². The van der Waals surface area contributed by atoms with Gasteiger partial charge < -0.3 is 5.32 Å². The molecule has 4 nitrogen and oxygen atoms in total. The van der Waals surface area contributed by atoms with Gasteiger partial charge in [0.2, 0.25) is 5.91 Å². The van der Waals surface area contributed by atoms with Crippen LogP contribution in [0.25, 0.3) is 5.69 Å². The lowest BCUT2D eigenvalue weighted by atomic mass is 10.2. The van der Waals surface area contributed by atoms with E-state index in [9.17, 15) is 4.79 Å². The summed E-state index contributed by atoms with van der Waals surface area (Å²) in [6, 6.07) is 14.1. The van der Waals surface area contributed by atoms with Crippen LogP contribution in [0.4, 0.5) is 0 Å². The van der Waals surface area contributed by atoms with Gasteiger partial charge in [0.05, 0.1) is 15.7 Å². The topological polar surface area (TPSA) is 46.9 Å². The highest BCUT2D eigenvalue weighted by Crippen LogP contribution is 2.23. The van der Waals surface area contributed by atoms with E-state index in [1.807, 2.05) is 47.3 Å². The second-order valence-electron chi connectivity index (χ2n) is 5.46. The summed E-state index contributed by atoms with van der Waals surface area (Å²) in [4.78, 5) is 13.2. The first-order chi connectivity index (χ1) is 11.7. The molecule has 0 saturated heterocycles. The van der Waals surface area contributed by atoms with Crippen molar-refractivity contribution in [1.29, 1.82) is 0 Å². The number of nitrogens with one attached hydrogen (secondary N) is 1. The van der Waals surface area contributed by atoms with Crippen molar-refractivity contribution in [3.63, 3.8) is 0 Å². The predicted octanol–water partition coefficient (Wildman–Crippen LogP) is 4.34. The van der Waals surface area contributed by atoms with Crippen molar-refractivity contribution in [2.75, 3.05) is 0 Å². The van der Waals surface area contributed by atoms with Gasteiger partial charge in [0.1, 0.15) is 0 Å². The zero-order valence-corrected chi connectivity index (χ0v) is 15.5. The van der Waals surface area contributed by atoms with Crippen molar-refractivity contribution in [2.45, 2.75) is 25.8 Å². The van der Waals surface area contributed by atoms with Gasteiger partial charge in [-0.05, 0) is 53.0 Å². The van der Waals surface area contributed by atoms with Gasteiger partial charge in [-0.3, -0.25) is 4.79 Å². The Hall–Kier alpha value is -1.92. The lowest BCUT2D eigenvalue weighted by Gasteiger charge is -2.03. The Morgan fingerprint density at radius 2 is 2.04 bits per heavy atom. The molecular weight excluding hydrogens is 386 g/mol. The van der Waals surface area contributed by atoms with Gasteiger partial charge in [-0.2, -0.15) is 5.10 Å². The van der Waals surface area contributed by atoms with Crippen LogP contribution in [0.2, 0.25) is 0 Å². The van der Waals surface area contributed by atoms with E-state index < -0.39 is 0 Å². The fourth-order valence-electron chi connectivity index (χ4n) is 2.37. The standard InChI is InChI=1S/C18H18BrN3OS/c19-17-10-9-16(24-17)7-4-8-18(23)20-11-14-12-21-22(13-14)15-5-2-1-3-6-15/h1-3,5-6,9-10,12-13H,4,7-8,11H2,(H,20,23). The van der Waals surface area contributed by atoms with Gasteiger partial charge in [-0.1, -0.05) is 18.2 Å². The maximum atomic E-state index is 11.9. The molecule has 124 valence electrons. The number of aryl methyl sites for hydroxylation is 1. The van der Waals surface area contributed by atoms with E-state index in [1.165, 1.54) is 4.88 Å². The fourth-order valence-corrected chi connectivity index (χ4v) is 3.90. The molecule has 3 aromatic rings.